The summed E-state index contributed by atoms with van der Waals surface area (Å²) < 4.78 is 6.86. The van der Waals surface area contributed by atoms with Crippen LogP contribution in [0.25, 0.3) is 11.2 Å². The van der Waals surface area contributed by atoms with Gasteiger partial charge >= 0.3 is 0 Å². The van der Waals surface area contributed by atoms with Gasteiger partial charge in [-0.2, -0.15) is 9.97 Å². The van der Waals surface area contributed by atoms with Gasteiger partial charge in [0.25, 0.3) is 0 Å². The highest BCUT2D eigenvalue weighted by atomic mass is 124. The van der Waals surface area contributed by atoms with Gasteiger partial charge in [0, 0.05) is 3.57 Å². The minimum Gasteiger partial charge on any atom is -0.471 e. The minimum atomic E-state index is 0.150. The van der Waals surface area contributed by atoms with Crippen LogP contribution in [0.5, 0.6) is 5.88 Å². The Morgan fingerprint density at radius 3 is 2.79 bits per heavy atom. The number of imidazole rings is 1. The highest BCUT2D eigenvalue weighted by molar-refractivity contribution is 14.1. The molecule has 6 nitrogen and oxygen atoms in total. The van der Waals surface area contributed by atoms with Crippen molar-refractivity contribution in [2.75, 3.05) is 5.73 Å². The van der Waals surface area contributed by atoms with Crippen LogP contribution in [0, 0.1) is 3.57 Å². The zero-order chi connectivity index (χ0) is 13.2. The Labute approximate surface area is 122 Å². The third kappa shape index (κ3) is 2.60. The van der Waals surface area contributed by atoms with Crippen molar-refractivity contribution in [3.8, 4) is 5.88 Å². The lowest BCUT2D eigenvalue weighted by molar-refractivity contribution is 0.297. The highest BCUT2D eigenvalue weighted by Gasteiger charge is 2.09. The molecule has 0 radical (unpaired) electrons. The van der Waals surface area contributed by atoms with E-state index in [1.54, 1.807) is 0 Å². The molecular weight excluding hydrogens is 354 g/mol. The quantitative estimate of drug-likeness (QED) is 0.695. The zero-order valence-electron chi connectivity index (χ0n) is 9.80. The molecule has 2 heterocycles. The van der Waals surface area contributed by atoms with Gasteiger partial charge in [0.05, 0.1) is 6.33 Å². The first kappa shape index (κ1) is 12.2. The first-order chi connectivity index (χ1) is 9.22. The summed E-state index contributed by atoms with van der Waals surface area (Å²) in [7, 11) is 0. The number of hydrogen-bond donors (Lipinski definition) is 2. The molecule has 0 fully saturated rings. The summed E-state index contributed by atoms with van der Waals surface area (Å²) in [4.78, 5) is 15.1. The minimum absolute atomic E-state index is 0.150. The van der Waals surface area contributed by atoms with Crippen LogP contribution in [0.4, 0.5) is 5.95 Å². The van der Waals surface area contributed by atoms with E-state index in [4.69, 9.17) is 10.5 Å². The second kappa shape index (κ2) is 5.00. The molecule has 2 aromatic heterocycles. The van der Waals surface area contributed by atoms with Crippen molar-refractivity contribution in [3.63, 3.8) is 0 Å². The predicted octanol–water partition coefficient (Wildman–Crippen LogP) is 2.12. The van der Waals surface area contributed by atoms with Gasteiger partial charge in [0.1, 0.15) is 12.1 Å². The number of ether oxygens (including phenoxy) is 1. The third-order valence-corrected chi connectivity index (χ3v) is 3.28. The van der Waals surface area contributed by atoms with Crippen LogP contribution in [0.15, 0.2) is 30.6 Å². The molecule has 0 saturated heterocycles. The summed E-state index contributed by atoms with van der Waals surface area (Å²) in [6.07, 6.45) is 1.54. The second-order valence-electron chi connectivity index (χ2n) is 3.90. The molecule has 96 valence electrons. The molecule has 0 aliphatic heterocycles. The van der Waals surface area contributed by atoms with E-state index in [-0.39, 0.29) is 5.95 Å². The number of nitrogens with two attached hydrogens (primary N) is 1. The number of benzene rings is 1. The molecule has 0 bridgehead atoms. The summed E-state index contributed by atoms with van der Waals surface area (Å²) in [6.45, 7) is 0.418. The molecule has 0 unspecified atom stereocenters. The van der Waals surface area contributed by atoms with Gasteiger partial charge in [-0.3, -0.25) is 0 Å². The number of aromatic nitrogens is 4. The SMILES string of the molecule is Nc1nc(OCc2ccc([124I])cc2)c2[nH]cnc2n1. The summed E-state index contributed by atoms with van der Waals surface area (Å²) >= 11 is 2.26. The van der Waals surface area contributed by atoms with Crippen molar-refractivity contribution in [3.05, 3.63) is 39.7 Å². The van der Waals surface area contributed by atoms with Crippen molar-refractivity contribution in [2.24, 2.45) is 0 Å². The van der Waals surface area contributed by atoms with E-state index in [0.29, 0.717) is 23.7 Å². The number of hydrogen-bond acceptors (Lipinski definition) is 5. The molecule has 1 aromatic carbocycles. The smallest absolute Gasteiger partial charge is 0.245 e. The van der Waals surface area contributed by atoms with Crippen LogP contribution in [0.1, 0.15) is 5.56 Å². The Balaban J connectivity index is 1.85. The lowest BCUT2D eigenvalue weighted by Gasteiger charge is -2.06. The largest absolute Gasteiger partial charge is 0.471 e. The van der Waals surface area contributed by atoms with E-state index in [9.17, 15) is 0 Å². The molecule has 0 spiro atoms. The maximum Gasteiger partial charge on any atom is 0.245 e. The topological polar surface area (TPSA) is 89.7 Å². The molecule has 0 saturated carbocycles. The van der Waals surface area contributed by atoms with Crippen LogP contribution in [0.2, 0.25) is 0 Å². The van der Waals surface area contributed by atoms with Crippen LogP contribution in [-0.4, -0.2) is 19.9 Å². The molecule has 0 atom stereocenters. The van der Waals surface area contributed by atoms with Gasteiger partial charge < -0.3 is 15.5 Å². The van der Waals surface area contributed by atoms with Gasteiger partial charge in [-0.25, -0.2) is 4.98 Å². The number of nitrogens with one attached hydrogen (secondary N) is 1. The normalized spacial score (nSPS) is 10.8. The second-order valence-corrected chi connectivity index (χ2v) is 5.15. The van der Waals surface area contributed by atoms with Crippen LogP contribution in [0.3, 0.4) is 0 Å². The predicted molar refractivity (Wildman–Crippen MR) is 79.6 cm³/mol. The summed E-state index contributed by atoms with van der Waals surface area (Å²) in [6, 6.07) is 8.08. The van der Waals surface area contributed by atoms with E-state index in [1.165, 1.54) is 9.90 Å². The monoisotopic (exact) mass is 364 g/mol. The Morgan fingerprint density at radius 2 is 2.00 bits per heavy atom. The molecule has 3 N–H and O–H groups in total. The number of fused-ring (bicyclic) bond motifs is 1. The van der Waals surface area contributed by atoms with Crippen molar-refractivity contribution < 1.29 is 4.74 Å². The maximum atomic E-state index is 5.68. The average molecular weight is 364 g/mol. The Hall–Kier alpha value is -1.90. The number of rotatable bonds is 3. The molecular formula is C12H10IN5O. The molecule has 7 heteroatoms. The number of aromatic amines is 1. The molecule has 3 aromatic rings. The first-order valence-electron chi connectivity index (χ1n) is 5.56. The van der Waals surface area contributed by atoms with Gasteiger partial charge in [0.15, 0.2) is 5.65 Å². The lowest BCUT2D eigenvalue weighted by Crippen LogP contribution is -2.02. The maximum absolute atomic E-state index is 5.68. The number of nitrogen functional groups attached to an aromatic ring is 1. The Kier molecular flexibility index (Phi) is 3.20. The van der Waals surface area contributed by atoms with Crippen molar-refractivity contribution >= 4 is 39.7 Å². The van der Waals surface area contributed by atoms with E-state index >= 15 is 0 Å². The Morgan fingerprint density at radius 1 is 1.21 bits per heavy atom. The molecule has 0 aliphatic carbocycles. The van der Waals surface area contributed by atoms with E-state index < -0.39 is 0 Å². The van der Waals surface area contributed by atoms with Crippen molar-refractivity contribution in [1.82, 2.24) is 19.9 Å². The van der Waals surface area contributed by atoms with Crippen LogP contribution >= 0.6 is 22.6 Å². The van der Waals surface area contributed by atoms with Crippen LogP contribution in [-0.2, 0) is 6.61 Å². The Bertz CT molecular complexity index is 710. The number of anilines is 1. The summed E-state index contributed by atoms with van der Waals surface area (Å²) in [5.41, 5.74) is 7.83. The van der Waals surface area contributed by atoms with Gasteiger partial charge in [-0.1, -0.05) is 12.1 Å². The fourth-order valence-electron chi connectivity index (χ4n) is 1.66. The standard InChI is InChI=1S/C12H10IN5O/c13-8-3-1-7(2-4-8)5-19-11-9-10(16-6-15-9)17-12(14)18-11/h1-4,6H,5H2,(H3,14,15,16,17,18)/i13-3. The van der Waals surface area contributed by atoms with E-state index in [2.05, 4.69) is 42.5 Å². The summed E-state index contributed by atoms with van der Waals surface area (Å²) in [5.74, 6) is 0.566. The van der Waals surface area contributed by atoms with Gasteiger partial charge in [0.2, 0.25) is 11.8 Å². The van der Waals surface area contributed by atoms with Gasteiger partial charge in [-0.15, -0.1) is 0 Å². The molecule has 3 rings (SSSR count). The molecule has 19 heavy (non-hydrogen) atoms. The number of nitrogens with zero attached hydrogens (tertiary/aromatic N) is 3. The van der Waals surface area contributed by atoms with E-state index in [0.717, 1.165) is 5.56 Å². The number of halogens is 1. The highest BCUT2D eigenvalue weighted by Crippen LogP contribution is 2.20. The molecule has 0 amide bonds. The first-order valence-corrected chi connectivity index (χ1v) is 6.64. The molecule has 0 aliphatic rings. The average Bonchev–Trinajstić information content (AvgIpc) is 2.85. The van der Waals surface area contributed by atoms with Crippen molar-refractivity contribution in [1.29, 1.82) is 0 Å². The number of H-pyrrole nitrogens is 1. The fraction of sp³-hybridized carbons (Fsp3) is 0.0833. The van der Waals surface area contributed by atoms with E-state index in [1.807, 2.05) is 24.3 Å². The summed E-state index contributed by atoms with van der Waals surface area (Å²) in [5, 5.41) is 0. The van der Waals surface area contributed by atoms with Gasteiger partial charge in [-0.05, 0) is 40.3 Å². The zero-order valence-corrected chi connectivity index (χ0v) is 12.0. The third-order valence-electron chi connectivity index (χ3n) is 2.56. The van der Waals surface area contributed by atoms with Crippen LogP contribution < -0.4 is 10.5 Å². The lowest BCUT2D eigenvalue weighted by atomic mass is 10.2. The van der Waals surface area contributed by atoms with Crippen molar-refractivity contribution in [2.45, 2.75) is 6.61 Å². The fourth-order valence-corrected chi connectivity index (χ4v) is 2.02.